The van der Waals surface area contributed by atoms with E-state index in [9.17, 15) is 18.4 Å². The monoisotopic (exact) mass is 445 g/mol. The molecule has 4 nitrogen and oxygen atoms in total. The van der Waals surface area contributed by atoms with Gasteiger partial charge in [0, 0.05) is 16.1 Å². The largest absolute Gasteiger partial charge is 0.467 e. The molecule has 7 heteroatoms. The minimum Gasteiger partial charge on any atom is -0.467 e. The van der Waals surface area contributed by atoms with Crippen molar-refractivity contribution in [2.45, 2.75) is 12.5 Å². The molecule has 0 heterocycles. The zero-order chi connectivity index (χ0) is 17.7. The van der Waals surface area contributed by atoms with Crippen LogP contribution < -0.4 is 5.32 Å². The maximum atomic E-state index is 13.7. The van der Waals surface area contributed by atoms with Crippen LogP contribution in [0.2, 0.25) is 0 Å². The molecule has 0 fully saturated rings. The summed E-state index contributed by atoms with van der Waals surface area (Å²) >= 11 is 2.15. The first-order valence-corrected chi connectivity index (χ1v) is 8.06. The molecule has 0 aromatic heterocycles. The summed E-state index contributed by atoms with van der Waals surface area (Å²) in [6, 6.07) is 9.01. The van der Waals surface area contributed by atoms with E-state index in [1.165, 1.54) is 7.11 Å². The fraction of sp³-hybridized carbons (Fsp3) is 0.176. The van der Waals surface area contributed by atoms with E-state index in [1.54, 1.807) is 0 Å². The smallest absolute Gasteiger partial charge is 0.328 e. The fourth-order valence-corrected chi connectivity index (χ4v) is 2.46. The number of benzene rings is 2. The number of amides is 1. The predicted molar refractivity (Wildman–Crippen MR) is 92.5 cm³/mol. The van der Waals surface area contributed by atoms with Crippen LogP contribution in [-0.2, 0) is 16.0 Å². The van der Waals surface area contributed by atoms with Crippen LogP contribution in [0.1, 0.15) is 15.9 Å². The Hall–Kier alpha value is -2.03. The SMILES string of the molecule is COC(=O)[C@H](Cc1ccc(I)cc1)NC(=O)c1ccc(F)cc1F. The molecule has 0 bridgehead atoms. The van der Waals surface area contributed by atoms with E-state index in [2.05, 4.69) is 32.6 Å². The van der Waals surface area contributed by atoms with Crippen molar-refractivity contribution in [3.63, 3.8) is 0 Å². The third-order valence-electron chi connectivity index (χ3n) is 3.32. The van der Waals surface area contributed by atoms with Gasteiger partial charge in [-0.1, -0.05) is 12.1 Å². The summed E-state index contributed by atoms with van der Waals surface area (Å²) in [7, 11) is 1.20. The molecular weight excluding hydrogens is 431 g/mol. The summed E-state index contributed by atoms with van der Waals surface area (Å²) in [5, 5.41) is 2.43. The number of hydrogen-bond acceptors (Lipinski definition) is 3. The average molecular weight is 445 g/mol. The number of ether oxygens (including phenoxy) is 1. The molecule has 0 saturated heterocycles. The minimum atomic E-state index is -0.995. The maximum Gasteiger partial charge on any atom is 0.328 e. The Morgan fingerprint density at radius 3 is 2.42 bits per heavy atom. The van der Waals surface area contributed by atoms with Crippen molar-refractivity contribution in [3.8, 4) is 0 Å². The lowest BCUT2D eigenvalue weighted by Crippen LogP contribution is -2.43. The van der Waals surface area contributed by atoms with Gasteiger partial charge >= 0.3 is 5.97 Å². The molecule has 126 valence electrons. The van der Waals surface area contributed by atoms with Crippen LogP contribution in [0, 0.1) is 15.2 Å². The summed E-state index contributed by atoms with van der Waals surface area (Å²) in [5.41, 5.74) is 0.471. The first-order valence-electron chi connectivity index (χ1n) is 6.99. The standard InChI is InChI=1S/C17H14F2INO3/c1-24-17(23)15(8-10-2-5-12(20)6-3-10)21-16(22)13-7-4-11(18)9-14(13)19/h2-7,9,15H,8H2,1H3,(H,21,22)/t15-/m0/s1. The van der Waals surface area contributed by atoms with Crippen LogP contribution in [-0.4, -0.2) is 25.0 Å². The molecule has 2 aromatic rings. The number of methoxy groups -OCH3 is 1. The highest BCUT2D eigenvalue weighted by molar-refractivity contribution is 14.1. The first kappa shape index (κ1) is 18.3. The third kappa shape index (κ3) is 4.73. The summed E-state index contributed by atoms with van der Waals surface area (Å²) in [6.07, 6.45) is 0.193. The van der Waals surface area contributed by atoms with E-state index in [0.717, 1.165) is 21.3 Å². The van der Waals surface area contributed by atoms with Crippen LogP contribution in [0.25, 0.3) is 0 Å². The van der Waals surface area contributed by atoms with Crippen LogP contribution in [0.3, 0.4) is 0 Å². The van der Waals surface area contributed by atoms with Gasteiger partial charge in [-0.3, -0.25) is 4.79 Å². The highest BCUT2D eigenvalue weighted by atomic mass is 127. The fourth-order valence-electron chi connectivity index (χ4n) is 2.10. The van der Waals surface area contributed by atoms with Gasteiger partial charge < -0.3 is 10.1 Å². The van der Waals surface area contributed by atoms with Gasteiger partial charge in [0.2, 0.25) is 0 Å². The first-order chi connectivity index (χ1) is 11.4. The molecule has 2 aromatic carbocycles. The molecule has 0 radical (unpaired) electrons. The van der Waals surface area contributed by atoms with Gasteiger partial charge in [0.15, 0.2) is 0 Å². The molecule has 0 spiro atoms. The summed E-state index contributed by atoms with van der Waals surface area (Å²) < 4.78 is 32.3. The topological polar surface area (TPSA) is 55.4 Å². The predicted octanol–water partition coefficient (Wildman–Crippen LogP) is 3.08. The van der Waals surface area contributed by atoms with E-state index in [0.29, 0.717) is 6.07 Å². The van der Waals surface area contributed by atoms with E-state index in [4.69, 9.17) is 0 Å². The molecular formula is C17H14F2INO3. The Labute approximate surface area is 151 Å². The van der Waals surface area contributed by atoms with Crippen LogP contribution in [0.15, 0.2) is 42.5 Å². The van der Waals surface area contributed by atoms with E-state index >= 15 is 0 Å². The molecule has 2 rings (SSSR count). The average Bonchev–Trinajstić information content (AvgIpc) is 2.55. The van der Waals surface area contributed by atoms with Gasteiger partial charge in [-0.2, -0.15) is 0 Å². The Balaban J connectivity index is 2.17. The zero-order valence-electron chi connectivity index (χ0n) is 12.7. The van der Waals surface area contributed by atoms with E-state index < -0.39 is 29.6 Å². The normalized spacial score (nSPS) is 11.7. The second-order valence-electron chi connectivity index (χ2n) is 5.00. The Morgan fingerprint density at radius 2 is 1.83 bits per heavy atom. The summed E-state index contributed by atoms with van der Waals surface area (Å²) in [5.74, 6) is -3.24. The highest BCUT2D eigenvalue weighted by Gasteiger charge is 2.24. The number of esters is 1. The van der Waals surface area contributed by atoms with Crippen molar-refractivity contribution in [3.05, 3.63) is 68.8 Å². The third-order valence-corrected chi connectivity index (χ3v) is 4.04. The minimum absolute atomic E-state index is 0.193. The summed E-state index contributed by atoms with van der Waals surface area (Å²) in [6.45, 7) is 0. The van der Waals surface area contributed by atoms with Gasteiger partial charge in [0.25, 0.3) is 5.91 Å². The van der Waals surface area contributed by atoms with Crippen LogP contribution >= 0.6 is 22.6 Å². The number of carbonyl (C=O) groups is 2. The van der Waals surface area contributed by atoms with Gasteiger partial charge in [-0.15, -0.1) is 0 Å². The van der Waals surface area contributed by atoms with E-state index in [-0.39, 0.29) is 12.0 Å². The Morgan fingerprint density at radius 1 is 1.17 bits per heavy atom. The molecule has 1 N–H and O–H groups in total. The molecule has 0 aliphatic heterocycles. The Bertz CT molecular complexity index is 750. The number of halogens is 3. The Kier molecular flexibility index (Phi) is 6.24. The lowest BCUT2D eigenvalue weighted by Gasteiger charge is -2.17. The molecule has 1 amide bonds. The molecule has 0 aliphatic rings. The van der Waals surface area contributed by atoms with Crippen LogP contribution in [0.4, 0.5) is 8.78 Å². The van der Waals surface area contributed by atoms with Gasteiger partial charge in [0.05, 0.1) is 12.7 Å². The van der Waals surface area contributed by atoms with Gasteiger partial charge in [-0.05, 0) is 52.4 Å². The maximum absolute atomic E-state index is 13.7. The second kappa shape index (κ2) is 8.18. The van der Waals surface area contributed by atoms with Crippen molar-refractivity contribution in [2.75, 3.05) is 7.11 Å². The number of carbonyl (C=O) groups excluding carboxylic acids is 2. The number of nitrogens with one attached hydrogen (secondary N) is 1. The molecule has 0 unspecified atom stereocenters. The van der Waals surface area contributed by atoms with Crippen LogP contribution in [0.5, 0.6) is 0 Å². The number of rotatable bonds is 5. The van der Waals surface area contributed by atoms with Crippen molar-refractivity contribution < 1.29 is 23.1 Å². The molecule has 0 saturated carbocycles. The highest BCUT2D eigenvalue weighted by Crippen LogP contribution is 2.12. The lowest BCUT2D eigenvalue weighted by molar-refractivity contribution is -0.142. The quantitative estimate of drug-likeness (QED) is 0.569. The molecule has 24 heavy (non-hydrogen) atoms. The zero-order valence-corrected chi connectivity index (χ0v) is 14.8. The molecule has 1 atom stereocenters. The summed E-state index contributed by atoms with van der Waals surface area (Å²) in [4.78, 5) is 24.1. The van der Waals surface area contributed by atoms with Crippen molar-refractivity contribution in [1.29, 1.82) is 0 Å². The van der Waals surface area contributed by atoms with Crippen molar-refractivity contribution >= 4 is 34.5 Å². The van der Waals surface area contributed by atoms with E-state index in [1.807, 2.05) is 24.3 Å². The number of hydrogen-bond donors (Lipinski definition) is 1. The molecule has 0 aliphatic carbocycles. The second-order valence-corrected chi connectivity index (χ2v) is 6.25. The van der Waals surface area contributed by atoms with Gasteiger partial charge in [-0.25, -0.2) is 13.6 Å². The lowest BCUT2D eigenvalue weighted by atomic mass is 10.1. The van der Waals surface area contributed by atoms with Gasteiger partial charge in [0.1, 0.15) is 17.7 Å². The van der Waals surface area contributed by atoms with Crippen molar-refractivity contribution in [2.24, 2.45) is 0 Å². The van der Waals surface area contributed by atoms with Crippen molar-refractivity contribution in [1.82, 2.24) is 5.32 Å².